The van der Waals surface area contributed by atoms with Gasteiger partial charge >= 0.3 is 12.1 Å². The molecule has 14 heteroatoms. The number of piperazine rings is 1. The van der Waals surface area contributed by atoms with Crippen LogP contribution in [0.4, 0.5) is 13.6 Å². The fourth-order valence-electron chi connectivity index (χ4n) is 4.75. The van der Waals surface area contributed by atoms with E-state index in [0.29, 0.717) is 17.2 Å². The summed E-state index contributed by atoms with van der Waals surface area (Å²) in [5.74, 6) is -4.06. The summed E-state index contributed by atoms with van der Waals surface area (Å²) in [6.45, 7) is 0.990. The first kappa shape index (κ1) is 28.3. The molecule has 0 N–H and O–H groups in total. The first-order valence-corrected chi connectivity index (χ1v) is 14.0. The van der Waals surface area contributed by atoms with Crippen molar-refractivity contribution in [2.75, 3.05) is 32.2 Å². The van der Waals surface area contributed by atoms with Gasteiger partial charge in [-0.15, -0.1) is 11.6 Å². The Morgan fingerprint density at radius 3 is 2.39 bits per heavy atom. The maximum Gasteiger partial charge on any atom is 0.409 e. The molecule has 0 saturated carbocycles. The number of halogens is 4. The van der Waals surface area contributed by atoms with Gasteiger partial charge in [-0.3, -0.25) is 0 Å². The number of alkyl halides is 1. The molecule has 38 heavy (non-hydrogen) atoms. The monoisotopic (exact) mass is 592 g/mol. The summed E-state index contributed by atoms with van der Waals surface area (Å²) in [5.41, 5.74) is -1.80. The van der Waals surface area contributed by atoms with Gasteiger partial charge in [0.1, 0.15) is 12.4 Å². The first-order chi connectivity index (χ1) is 18.0. The predicted octanol–water partition coefficient (Wildman–Crippen LogP) is 4.56. The first-order valence-electron chi connectivity index (χ1n) is 11.7. The maximum atomic E-state index is 15.0. The summed E-state index contributed by atoms with van der Waals surface area (Å²) in [7, 11) is -4.65. The number of sulfonamides is 1. The third-order valence-electron chi connectivity index (χ3n) is 6.31. The zero-order valence-corrected chi connectivity index (χ0v) is 22.5. The highest BCUT2D eigenvalue weighted by Gasteiger charge is 2.62. The Balaban J connectivity index is 1.69. The molecular weight excluding hydrogens is 569 g/mol. The fourth-order valence-corrected chi connectivity index (χ4v) is 6.94. The Morgan fingerprint density at radius 2 is 1.79 bits per heavy atom. The lowest BCUT2D eigenvalue weighted by atomic mass is 9.97. The van der Waals surface area contributed by atoms with Crippen molar-refractivity contribution in [3.8, 4) is 11.5 Å². The molecule has 2 unspecified atom stereocenters. The summed E-state index contributed by atoms with van der Waals surface area (Å²) in [6, 6.07) is 6.10. The van der Waals surface area contributed by atoms with Gasteiger partial charge in [0.25, 0.3) is 0 Å². The topological polar surface area (TPSA) is 102 Å². The molecule has 0 radical (unpaired) electrons. The number of esters is 1. The van der Waals surface area contributed by atoms with E-state index in [1.165, 1.54) is 29.2 Å². The van der Waals surface area contributed by atoms with Crippen LogP contribution in [0.1, 0.15) is 19.8 Å². The third-order valence-corrected chi connectivity index (χ3v) is 8.71. The van der Waals surface area contributed by atoms with E-state index < -0.39 is 55.9 Å². The van der Waals surface area contributed by atoms with Crippen LogP contribution in [-0.4, -0.2) is 73.4 Å². The second-order valence-electron chi connectivity index (χ2n) is 8.70. The number of nitrogens with zero attached hydrogens (tertiary/aromatic N) is 2. The SMILES string of the molecule is CCOC(=O)C12CCC(CN(C(=O)OCCCl)C1)N2S(=O)(=O)c1cc(F)c(Oc2ccc(Cl)cc2)c(F)c1. The highest BCUT2D eigenvalue weighted by atomic mass is 35.5. The Bertz CT molecular complexity index is 1310. The van der Waals surface area contributed by atoms with Gasteiger partial charge in [0.15, 0.2) is 22.9 Å². The van der Waals surface area contributed by atoms with Crippen LogP contribution in [-0.2, 0) is 24.3 Å². The standard InChI is InChI=1S/C24H24Cl2F2N2O7S/c1-2-35-22(31)24-8-7-16(13-29(14-24)23(32)36-10-9-25)30(24)38(33,34)18-11-19(27)21(20(28)12-18)37-17-5-3-15(26)4-6-17/h3-6,11-12,16H,2,7-10,13-14H2,1H3. The van der Waals surface area contributed by atoms with Crippen LogP contribution >= 0.6 is 23.2 Å². The molecule has 0 aromatic heterocycles. The van der Waals surface area contributed by atoms with Gasteiger partial charge in [0, 0.05) is 17.6 Å². The summed E-state index contributed by atoms with van der Waals surface area (Å²) >= 11 is 11.4. The molecule has 2 atom stereocenters. The molecule has 9 nitrogen and oxygen atoms in total. The second kappa shape index (κ2) is 11.2. The van der Waals surface area contributed by atoms with Gasteiger partial charge in [-0.1, -0.05) is 11.6 Å². The van der Waals surface area contributed by atoms with E-state index >= 15 is 0 Å². The minimum Gasteiger partial charge on any atom is -0.465 e. The van der Waals surface area contributed by atoms with E-state index in [4.69, 9.17) is 37.4 Å². The summed E-state index contributed by atoms with van der Waals surface area (Å²) in [5, 5.41) is 0.386. The second-order valence-corrected chi connectivity index (χ2v) is 11.3. The van der Waals surface area contributed by atoms with E-state index in [2.05, 4.69) is 0 Å². The average molecular weight is 593 g/mol. The number of hydrogen-bond donors (Lipinski definition) is 0. The van der Waals surface area contributed by atoms with E-state index in [1.807, 2.05) is 0 Å². The number of hydrogen-bond acceptors (Lipinski definition) is 7. The summed E-state index contributed by atoms with van der Waals surface area (Å²) in [6.07, 6.45) is -0.512. The highest BCUT2D eigenvalue weighted by Crippen LogP contribution is 2.45. The van der Waals surface area contributed by atoms with Crippen LogP contribution in [0.3, 0.4) is 0 Å². The number of carbonyl (C=O) groups is 2. The van der Waals surface area contributed by atoms with Gasteiger partial charge in [0.05, 0.1) is 23.9 Å². The van der Waals surface area contributed by atoms with E-state index in [1.54, 1.807) is 6.92 Å². The van der Waals surface area contributed by atoms with Crippen molar-refractivity contribution in [1.29, 1.82) is 0 Å². The minimum atomic E-state index is -4.65. The molecule has 2 aliphatic rings. The van der Waals surface area contributed by atoms with E-state index in [-0.39, 0.29) is 50.8 Å². The lowest BCUT2D eigenvalue weighted by Gasteiger charge is -2.45. The Hall–Kier alpha value is -2.67. The van der Waals surface area contributed by atoms with Crippen molar-refractivity contribution in [2.24, 2.45) is 0 Å². The zero-order chi connectivity index (χ0) is 27.7. The number of rotatable bonds is 8. The number of likely N-dealkylation sites (tertiary alicyclic amines) is 1. The van der Waals surface area contributed by atoms with Crippen LogP contribution in [0, 0.1) is 11.6 Å². The van der Waals surface area contributed by atoms with Gasteiger partial charge in [0.2, 0.25) is 10.0 Å². The number of amides is 1. The smallest absolute Gasteiger partial charge is 0.409 e. The van der Waals surface area contributed by atoms with Crippen LogP contribution in [0.25, 0.3) is 0 Å². The molecule has 2 fully saturated rings. The molecule has 2 bridgehead atoms. The van der Waals surface area contributed by atoms with Gasteiger partial charge < -0.3 is 19.1 Å². The molecule has 0 aliphatic carbocycles. The minimum absolute atomic E-state index is 0.0394. The molecule has 1 amide bonds. The van der Waals surface area contributed by atoms with Crippen LogP contribution < -0.4 is 4.74 Å². The van der Waals surface area contributed by atoms with Crippen molar-refractivity contribution in [3.63, 3.8) is 0 Å². The van der Waals surface area contributed by atoms with Gasteiger partial charge in [-0.05, 0) is 56.2 Å². The van der Waals surface area contributed by atoms with E-state index in [0.717, 1.165) is 4.31 Å². The highest BCUT2D eigenvalue weighted by molar-refractivity contribution is 7.89. The zero-order valence-electron chi connectivity index (χ0n) is 20.2. The quantitative estimate of drug-likeness (QED) is 0.327. The lowest BCUT2D eigenvalue weighted by Crippen LogP contribution is -2.67. The lowest BCUT2D eigenvalue weighted by molar-refractivity contribution is -0.156. The third kappa shape index (κ3) is 5.27. The van der Waals surface area contributed by atoms with Crippen molar-refractivity contribution in [1.82, 2.24) is 9.21 Å². The van der Waals surface area contributed by atoms with Crippen LogP contribution in [0.5, 0.6) is 11.5 Å². The van der Waals surface area contributed by atoms with Crippen molar-refractivity contribution in [3.05, 3.63) is 53.1 Å². The van der Waals surface area contributed by atoms with Gasteiger partial charge in [-0.25, -0.2) is 26.8 Å². The number of benzene rings is 2. The maximum absolute atomic E-state index is 15.0. The Kier molecular flexibility index (Phi) is 8.36. The molecule has 2 aromatic carbocycles. The van der Waals surface area contributed by atoms with E-state index in [9.17, 15) is 26.8 Å². The van der Waals surface area contributed by atoms with Crippen molar-refractivity contribution in [2.45, 2.75) is 36.2 Å². The summed E-state index contributed by atoms with van der Waals surface area (Å²) < 4.78 is 74.0. The molecule has 2 heterocycles. The largest absolute Gasteiger partial charge is 0.465 e. The molecule has 4 rings (SSSR count). The van der Waals surface area contributed by atoms with Crippen LogP contribution in [0.15, 0.2) is 41.3 Å². The van der Waals surface area contributed by atoms with Crippen LogP contribution in [0.2, 0.25) is 5.02 Å². The molecule has 2 aromatic rings. The molecular formula is C24H24Cl2F2N2O7S. The normalized spacial score (nSPS) is 21.3. The fraction of sp³-hybridized carbons (Fsp3) is 0.417. The average Bonchev–Trinajstić information content (AvgIpc) is 3.14. The number of ether oxygens (including phenoxy) is 3. The molecule has 206 valence electrons. The number of fused-ring (bicyclic) bond motifs is 2. The summed E-state index contributed by atoms with van der Waals surface area (Å²) in [4.78, 5) is 26.2. The molecule has 2 saturated heterocycles. The Morgan fingerprint density at radius 1 is 1.13 bits per heavy atom. The van der Waals surface area contributed by atoms with Crippen molar-refractivity contribution >= 4 is 45.3 Å². The van der Waals surface area contributed by atoms with Gasteiger partial charge in [-0.2, -0.15) is 4.31 Å². The van der Waals surface area contributed by atoms with Crippen molar-refractivity contribution < 1.29 is 41.0 Å². The Labute approximate surface area is 228 Å². The number of carbonyl (C=O) groups excluding carboxylic acids is 2. The predicted molar refractivity (Wildman–Crippen MR) is 133 cm³/mol. The molecule has 0 spiro atoms. The molecule has 2 aliphatic heterocycles.